The molecule has 0 saturated heterocycles. The molecule has 158 valence electrons. The molecule has 0 unspecified atom stereocenters. The molecule has 0 aromatic heterocycles. The van der Waals surface area contributed by atoms with Crippen LogP contribution in [0.25, 0.3) is 0 Å². The summed E-state index contributed by atoms with van der Waals surface area (Å²) < 4.78 is 20.5. The van der Waals surface area contributed by atoms with E-state index in [0.717, 1.165) is 12.0 Å². The molecule has 1 aromatic carbocycles. The van der Waals surface area contributed by atoms with Gasteiger partial charge >= 0.3 is 0 Å². The second-order valence-corrected chi connectivity index (χ2v) is 5.90. The number of carbonyl (C=O) groups is 1. The van der Waals surface area contributed by atoms with Crippen LogP contribution in [0.5, 0.6) is 0 Å². The Kier molecular flexibility index (Phi) is 18.5. The molecule has 0 fully saturated rings. The summed E-state index contributed by atoms with van der Waals surface area (Å²) in [5, 5.41) is 2.64. The number of nitrogens with one attached hydrogen (secondary N) is 1. The molecule has 1 rings (SSSR count). The lowest BCUT2D eigenvalue weighted by Crippen LogP contribution is -2.25. The van der Waals surface area contributed by atoms with Crippen molar-refractivity contribution in [2.45, 2.75) is 26.7 Å². The van der Waals surface area contributed by atoms with Crippen LogP contribution in [0.4, 0.5) is 0 Å². The van der Waals surface area contributed by atoms with E-state index in [-0.39, 0.29) is 5.91 Å². The van der Waals surface area contributed by atoms with Gasteiger partial charge in [-0.3, -0.25) is 4.79 Å². The van der Waals surface area contributed by atoms with Crippen LogP contribution in [0.3, 0.4) is 0 Å². The van der Waals surface area contributed by atoms with Crippen molar-refractivity contribution in [1.29, 1.82) is 0 Å². The number of aryl methyl sites for hydroxylation is 1. The molecular weight excluding hydrogens is 358 g/mol. The topological polar surface area (TPSA) is 66.0 Å². The zero-order valence-electron chi connectivity index (χ0n) is 17.5. The summed E-state index contributed by atoms with van der Waals surface area (Å²) in [5.74, 6) is 2.55. The van der Waals surface area contributed by atoms with Gasteiger partial charge in [0.1, 0.15) is 0 Å². The molecule has 1 aromatic rings. The van der Waals surface area contributed by atoms with E-state index in [4.69, 9.17) is 25.4 Å². The van der Waals surface area contributed by atoms with E-state index in [1.54, 1.807) is 7.11 Å². The van der Waals surface area contributed by atoms with Crippen LogP contribution in [0.1, 0.15) is 31.4 Å². The van der Waals surface area contributed by atoms with Crippen molar-refractivity contribution in [3.8, 4) is 12.3 Å². The Bertz CT molecular complexity index is 525. The molecule has 0 bridgehead atoms. The van der Waals surface area contributed by atoms with E-state index >= 15 is 0 Å². The van der Waals surface area contributed by atoms with Gasteiger partial charge in [0.25, 0.3) is 0 Å². The summed E-state index contributed by atoms with van der Waals surface area (Å²) >= 11 is 0. The first-order chi connectivity index (χ1) is 13.6. The summed E-state index contributed by atoms with van der Waals surface area (Å²) in [4.78, 5) is 10.5. The van der Waals surface area contributed by atoms with Gasteiger partial charge in [0.2, 0.25) is 5.91 Å². The Labute approximate surface area is 169 Å². The van der Waals surface area contributed by atoms with Gasteiger partial charge in [0.05, 0.1) is 46.2 Å². The highest BCUT2D eigenvalue weighted by Gasteiger charge is 1.93. The number of hydrogen-bond acceptors (Lipinski definition) is 5. The van der Waals surface area contributed by atoms with Crippen molar-refractivity contribution >= 4 is 5.91 Å². The highest BCUT2D eigenvalue weighted by atomic mass is 16.6. The van der Waals surface area contributed by atoms with E-state index in [0.29, 0.717) is 52.8 Å². The number of carbonyl (C=O) groups excluding carboxylic acids is 1. The quantitative estimate of drug-likeness (QED) is 0.388. The number of methoxy groups -OCH3 is 1. The summed E-state index contributed by atoms with van der Waals surface area (Å²) in [5.41, 5.74) is 2.33. The SMILES string of the molecule is C#Cc1ccc(CCC)cc1.COCCOCCOCCOCCNC(C)=O. The number of ether oxygens (including phenoxy) is 4. The average molecular weight is 394 g/mol. The maximum Gasteiger partial charge on any atom is 0.216 e. The minimum atomic E-state index is -0.0435. The van der Waals surface area contributed by atoms with E-state index in [1.165, 1.54) is 18.9 Å². The number of hydrogen-bond donors (Lipinski definition) is 1. The van der Waals surface area contributed by atoms with Crippen LogP contribution in [-0.2, 0) is 30.2 Å². The van der Waals surface area contributed by atoms with Crippen LogP contribution in [-0.4, -0.2) is 65.8 Å². The third-order valence-corrected chi connectivity index (χ3v) is 3.46. The van der Waals surface area contributed by atoms with Crippen LogP contribution >= 0.6 is 0 Å². The zero-order chi connectivity index (χ0) is 20.9. The van der Waals surface area contributed by atoms with Gasteiger partial charge in [-0.15, -0.1) is 6.42 Å². The second kappa shape index (κ2) is 19.8. The largest absolute Gasteiger partial charge is 0.382 e. The van der Waals surface area contributed by atoms with E-state index in [1.807, 2.05) is 12.1 Å². The van der Waals surface area contributed by atoms with Crippen molar-refractivity contribution in [1.82, 2.24) is 5.32 Å². The molecule has 1 amide bonds. The summed E-state index contributed by atoms with van der Waals surface area (Å²) in [6, 6.07) is 8.17. The fraction of sp³-hybridized carbons (Fsp3) is 0.591. The Morgan fingerprint density at radius 2 is 1.50 bits per heavy atom. The van der Waals surface area contributed by atoms with Crippen LogP contribution in [0, 0.1) is 12.3 Å². The first-order valence-electron chi connectivity index (χ1n) is 9.66. The minimum Gasteiger partial charge on any atom is -0.382 e. The highest BCUT2D eigenvalue weighted by molar-refractivity contribution is 5.72. The van der Waals surface area contributed by atoms with Crippen LogP contribution < -0.4 is 5.32 Å². The van der Waals surface area contributed by atoms with Gasteiger partial charge in [-0.1, -0.05) is 31.4 Å². The predicted octanol–water partition coefficient (Wildman–Crippen LogP) is 2.44. The third kappa shape index (κ3) is 17.5. The number of benzene rings is 1. The lowest BCUT2D eigenvalue weighted by Gasteiger charge is -2.06. The molecule has 28 heavy (non-hydrogen) atoms. The average Bonchev–Trinajstić information content (AvgIpc) is 2.70. The van der Waals surface area contributed by atoms with E-state index < -0.39 is 0 Å². The predicted molar refractivity (Wildman–Crippen MR) is 111 cm³/mol. The van der Waals surface area contributed by atoms with Gasteiger partial charge in [-0.25, -0.2) is 0 Å². The summed E-state index contributed by atoms with van der Waals surface area (Å²) in [6.07, 6.45) is 7.56. The molecule has 0 spiro atoms. The maximum atomic E-state index is 10.5. The zero-order valence-corrected chi connectivity index (χ0v) is 17.5. The lowest BCUT2D eigenvalue weighted by atomic mass is 10.1. The normalized spacial score (nSPS) is 9.93. The van der Waals surface area contributed by atoms with Crippen LogP contribution in [0.2, 0.25) is 0 Å². The number of terminal acetylenes is 1. The smallest absolute Gasteiger partial charge is 0.216 e. The highest BCUT2D eigenvalue weighted by Crippen LogP contribution is 2.05. The molecule has 0 atom stereocenters. The fourth-order valence-corrected chi connectivity index (χ4v) is 2.04. The van der Waals surface area contributed by atoms with Crippen molar-refractivity contribution in [3.05, 3.63) is 35.4 Å². The molecule has 0 radical (unpaired) electrons. The summed E-state index contributed by atoms with van der Waals surface area (Å²) in [6.45, 7) is 8.07. The van der Waals surface area contributed by atoms with Gasteiger partial charge in [-0.05, 0) is 24.1 Å². The van der Waals surface area contributed by atoms with Crippen molar-refractivity contribution in [2.24, 2.45) is 0 Å². The fourth-order valence-electron chi connectivity index (χ4n) is 2.04. The second-order valence-electron chi connectivity index (χ2n) is 5.90. The summed E-state index contributed by atoms with van der Waals surface area (Å²) in [7, 11) is 1.64. The van der Waals surface area contributed by atoms with Gasteiger partial charge in [-0.2, -0.15) is 0 Å². The molecular formula is C22H35NO5. The van der Waals surface area contributed by atoms with Crippen molar-refractivity contribution < 1.29 is 23.7 Å². The maximum absolute atomic E-state index is 10.5. The molecule has 1 N–H and O–H groups in total. The molecule has 0 aliphatic heterocycles. The minimum absolute atomic E-state index is 0.0435. The van der Waals surface area contributed by atoms with E-state index in [2.05, 4.69) is 30.3 Å². The van der Waals surface area contributed by atoms with Gasteiger partial charge < -0.3 is 24.3 Å². The Morgan fingerprint density at radius 3 is 1.96 bits per heavy atom. The Balaban J connectivity index is 0.000000567. The Morgan fingerprint density at radius 1 is 0.964 bits per heavy atom. The third-order valence-electron chi connectivity index (χ3n) is 3.46. The number of rotatable bonds is 14. The van der Waals surface area contributed by atoms with Gasteiger partial charge in [0.15, 0.2) is 0 Å². The molecule has 0 heterocycles. The molecule has 6 nitrogen and oxygen atoms in total. The van der Waals surface area contributed by atoms with Crippen molar-refractivity contribution in [3.63, 3.8) is 0 Å². The Hall–Kier alpha value is -1.91. The molecule has 6 heteroatoms. The molecule has 0 saturated carbocycles. The number of amides is 1. The standard InChI is InChI=1S/C11H23NO5.C11H12/c1-11(13)12-3-4-15-7-8-17-10-9-16-6-5-14-2;1-3-5-11-8-6-10(4-2)7-9-11/h3-10H2,1-2H3,(H,12,13);2,6-9H,3,5H2,1H3. The van der Waals surface area contributed by atoms with E-state index in [9.17, 15) is 4.79 Å². The molecule has 0 aliphatic carbocycles. The van der Waals surface area contributed by atoms with Crippen LogP contribution in [0.15, 0.2) is 24.3 Å². The first kappa shape index (κ1) is 26.1. The molecule has 0 aliphatic rings. The van der Waals surface area contributed by atoms with Gasteiger partial charge in [0, 0.05) is 26.1 Å². The van der Waals surface area contributed by atoms with Crippen molar-refractivity contribution in [2.75, 3.05) is 59.9 Å². The monoisotopic (exact) mass is 393 g/mol. The first-order valence-corrected chi connectivity index (χ1v) is 9.66. The lowest BCUT2D eigenvalue weighted by molar-refractivity contribution is -0.119.